The Morgan fingerprint density at radius 1 is 1.41 bits per heavy atom. The molecule has 1 aliphatic carbocycles. The zero-order valence-electron chi connectivity index (χ0n) is 10.9. The van der Waals surface area contributed by atoms with Gasteiger partial charge in [-0.25, -0.2) is 0 Å². The van der Waals surface area contributed by atoms with Gasteiger partial charge in [0.2, 0.25) is 5.91 Å². The minimum absolute atomic E-state index is 0.0727. The molecule has 1 aliphatic rings. The van der Waals surface area contributed by atoms with E-state index >= 15 is 0 Å². The average Bonchev–Trinajstić information content (AvgIpc) is 2.38. The van der Waals surface area contributed by atoms with Gasteiger partial charge in [0.1, 0.15) is 6.10 Å². The highest BCUT2D eigenvalue weighted by Crippen LogP contribution is 2.27. The van der Waals surface area contributed by atoms with Crippen molar-refractivity contribution in [2.75, 3.05) is 13.7 Å². The predicted molar refractivity (Wildman–Crippen MR) is 66.7 cm³/mol. The van der Waals surface area contributed by atoms with Gasteiger partial charge in [-0.05, 0) is 32.1 Å². The van der Waals surface area contributed by atoms with Gasteiger partial charge in [0.25, 0.3) is 0 Å². The summed E-state index contributed by atoms with van der Waals surface area (Å²) in [5.41, 5.74) is 0. The van der Waals surface area contributed by atoms with Gasteiger partial charge in [-0.1, -0.05) is 19.3 Å². The molecule has 1 rings (SSSR count). The summed E-state index contributed by atoms with van der Waals surface area (Å²) in [7, 11) is 1.53. The third-order valence-corrected chi connectivity index (χ3v) is 3.71. The highest BCUT2D eigenvalue weighted by atomic mass is 16.5. The first kappa shape index (κ1) is 14.5. The Bertz CT molecular complexity index is 227. The number of carbonyl (C=O) groups excluding carboxylic acids is 1. The predicted octanol–water partition coefficient (Wildman–Crippen LogP) is 1.47. The van der Waals surface area contributed by atoms with Gasteiger partial charge in [-0.15, -0.1) is 0 Å². The Labute approximate surface area is 104 Å². The number of ether oxygens (including phenoxy) is 1. The van der Waals surface area contributed by atoms with E-state index in [9.17, 15) is 4.79 Å². The van der Waals surface area contributed by atoms with Crippen molar-refractivity contribution in [2.45, 2.75) is 57.6 Å². The van der Waals surface area contributed by atoms with E-state index in [0.717, 1.165) is 12.8 Å². The van der Waals surface area contributed by atoms with E-state index in [2.05, 4.69) is 5.32 Å². The highest BCUT2D eigenvalue weighted by molar-refractivity contribution is 5.80. The Morgan fingerprint density at radius 2 is 2.06 bits per heavy atom. The maximum atomic E-state index is 11.8. The zero-order chi connectivity index (χ0) is 12.7. The molecule has 2 N–H and O–H groups in total. The third kappa shape index (κ3) is 4.64. The van der Waals surface area contributed by atoms with Crippen LogP contribution in [0.3, 0.4) is 0 Å². The van der Waals surface area contributed by atoms with Crippen molar-refractivity contribution in [2.24, 2.45) is 5.92 Å². The zero-order valence-corrected chi connectivity index (χ0v) is 10.9. The Kier molecular flexibility index (Phi) is 6.52. The highest BCUT2D eigenvalue weighted by Gasteiger charge is 2.26. The number of amides is 1. The van der Waals surface area contributed by atoms with Crippen molar-refractivity contribution >= 4 is 5.91 Å². The molecule has 0 heterocycles. The molecule has 17 heavy (non-hydrogen) atoms. The van der Waals surface area contributed by atoms with Crippen molar-refractivity contribution in [1.29, 1.82) is 0 Å². The fourth-order valence-corrected chi connectivity index (χ4v) is 2.51. The van der Waals surface area contributed by atoms with Crippen LogP contribution in [0.15, 0.2) is 0 Å². The van der Waals surface area contributed by atoms with Gasteiger partial charge in [-0.2, -0.15) is 0 Å². The minimum Gasteiger partial charge on any atom is -0.396 e. The molecule has 1 fully saturated rings. The number of methoxy groups -OCH3 is 1. The van der Waals surface area contributed by atoms with Crippen LogP contribution in [0.1, 0.15) is 45.4 Å². The molecule has 1 saturated carbocycles. The van der Waals surface area contributed by atoms with Crippen LogP contribution in [0.5, 0.6) is 0 Å². The van der Waals surface area contributed by atoms with E-state index in [0.29, 0.717) is 12.3 Å². The lowest BCUT2D eigenvalue weighted by atomic mass is 9.82. The summed E-state index contributed by atoms with van der Waals surface area (Å²) in [6, 6.07) is 0.102. The van der Waals surface area contributed by atoms with Crippen LogP contribution < -0.4 is 5.32 Å². The second kappa shape index (κ2) is 7.67. The van der Waals surface area contributed by atoms with E-state index in [4.69, 9.17) is 9.84 Å². The molecule has 2 unspecified atom stereocenters. The smallest absolute Gasteiger partial charge is 0.249 e. The summed E-state index contributed by atoms with van der Waals surface area (Å²) in [5, 5.41) is 12.1. The first-order valence-electron chi connectivity index (χ1n) is 6.63. The molecule has 1 amide bonds. The molecule has 0 aromatic carbocycles. The summed E-state index contributed by atoms with van der Waals surface area (Å²) in [4.78, 5) is 11.8. The molecule has 0 aromatic heterocycles. The summed E-state index contributed by atoms with van der Waals surface area (Å²) in [6.45, 7) is 1.87. The molecule has 0 bridgehead atoms. The van der Waals surface area contributed by atoms with Crippen molar-refractivity contribution in [3.8, 4) is 0 Å². The minimum atomic E-state index is -0.417. The number of hydrogen-bond acceptors (Lipinski definition) is 3. The topological polar surface area (TPSA) is 58.6 Å². The molecular weight excluding hydrogens is 218 g/mol. The fourth-order valence-electron chi connectivity index (χ4n) is 2.51. The first-order valence-corrected chi connectivity index (χ1v) is 6.63. The quantitative estimate of drug-likeness (QED) is 0.742. The lowest BCUT2D eigenvalue weighted by molar-refractivity contribution is -0.131. The van der Waals surface area contributed by atoms with Crippen molar-refractivity contribution in [3.63, 3.8) is 0 Å². The van der Waals surface area contributed by atoms with Crippen molar-refractivity contribution in [3.05, 3.63) is 0 Å². The second-order valence-electron chi connectivity index (χ2n) is 4.90. The number of nitrogens with one attached hydrogen (secondary N) is 1. The van der Waals surface area contributed by atoms with Crippen molar-refractivity contribution in [1.82, 2.24) is 5.32 Å². The summed E-state index contributed by atoms with van der Waals surface area (Å²) in [5.74, 6) is 0.445. The van der Waals surface area contributed by atoms with E-state index in [1.54, 1.807) is 6.92 Å². The van der Waals surface area contributed by atoms with Crippen LogP contribution in [-0.2, 0) is 9.53 Å². The largest absolute Gasteiger partial charge is 0.396 e. The second-order valence-corrected chi connectivity index (χ2v) is 4.90. The van der Waals surface area contributed by atoms with Crippen LogP contribution >= 0.6 is 0 Å². The lowest BCUT2D eigenvalue weighted by Crippen LogP contribution is -2.45. The van der Waals surface area contributed by atoms with Gasteiger partial charge in [0, 0.05) is 19.8 Å². The van der Waals surface area contributed by atoms with Gasteiger partial charge >= 0.3 is 0 Å². The SMILES string of the molecule is COC(C)C(=O)NC(CCO)C1CCCCC1. The van der Waals surface area contributed by atoms with E-state index in [-0.39, 0.29) is 18.6 Å². The lowest BCUT2D eigenvalue weighted by Gasteiger charge is -2.31. The van der Waals surface area contributed by atoms with Crippen LogP contribution in [0.2, 0.25) is 0 Å². The molecule has 4 heteroatoms. The molecule has 4 nitrogen and oxygen atoms in total. The number of rotatable bonds is 6. The Balaban J connectivity index is 2.49. The van der Waals surface area contributed by atoms with Gasteiger partial charge in [0.15, 0.2) is 0 Å². The van der Waals surface area contributed by atoms with Gasteiger partial charge < -0.3 is 15.2 Å². The first-order chi connectivity index (χ1) is 8.19. The maximum Gasteiger partial charge on any atom is 0.249 e. The number of hydrogen-bond donors (Lipinski definition) is 2. The average molecular weight is 243 g/mol. The van der Waals surface area contributed by atoms with Gasteiger partial charge in [-0.3, -0.25) is 4.79 Å². The summed E-state index contributed by atoms with van der Waals surface area (Å²) >= 11 is 0. The van der Waals surface area contributed by atoms with Crippen molar-refractivity contribution < 1.29 is 14.6 Å². The van der Waals surface area contributed by atoms with Crippen LogP contribution in [-0.4, -0.2) is 36.9 Å². The number of aliphatic hydroxyl groups excluding tert-OH is 1. The Morgan fingerprint density at radius 3 is 2.59 bits per heavy atom. The summed E-state index contributed by atoms with van der Waals surface area (Å²) in [6.07, 6.45) is 6.32. The van der Waals surface area contributed by atoms with E-state index < -0.39 is 6.10 Å². The number of carbonyl (C=O) groups is 1. The molecule has 0 aliphatic heterocycles. The molecule has 0 aromatic rings. The standard InChI is InChI=1S/C13H25NO3/c1-10(17-2)13(16)14-12(8-9-15)11-6-4-3-5-7-11/h10-12,15H,3-9H2,1-2H3,(H,14,16). The van der Waals surface area contributed by atoms with E-state index in [1.807, 2.05) is 0 Å². The van der Waals surface area contributed by atoms with Crippen LogP contribution in [0.4, 0.5) is 0 Å². The molecule has 0 spiro atoms. The maximum absolute atomic E-state index is 11.8. The molecule has 2 atom stereocenters. The molecule has 0 saturated heterocycles. The third-order valence-electron chi connectivity index (χ3n) is 3.71. The van der Waals surface area contributed by atoms with E-state index in [1.165, 1.54) is 26.4 Å². The Hall–Kier alpha value is -0.610. The fraction of sp³-hybridized carbons (Fsp3) is 0.923. The van der Waals surface area contributed by atoms with Crippen LogP contribution in [0, 0.1) is 5.92 Å². The normalized spacial score (nSPS) is 20.9. The molecule has 0 radical (unpaired) electrons. The van der Waals surface area contributed by atoms with Crippen LogP contribution in [0.25, 0.3) is 0 Å². The van der Waals surface area contributed by atoms with Gasteiger partial charge in [0.05, 0.1) is 0 Å². The summed E-state index contributed by atoms with van der Waals surface area (Å²) < 4.78 is 5.00. The monoisotopic (exact) mass is 243 g/mol. The number of aliphatic hydroxyl groups is 1. The molecule has 100 valence electrons. The molecular formula is C13H25NO3.